The highest BCUT2D eigenvalue weighted by Gasteiger charge is 2.35. The summed E-state index contributed by atoms with van der Waals surface area (Å²) in [6.07, 6.45) is 4.77. The zero-order valence-corrected chi connectivity index (χ0v) is 15.9. The van der Waals surface area contributed by atoms with E-state index in [1.807, 2.05) is 12.1 Å². The summed E-state index contributed by atoms with van der Waals surface area (Å²) in [6.45, 7) is 0. The number of phenolic OH excluding ortho intramolecular Hbond substituents is 1. The average Bonchev–Trinajstić information content (AvgIpc) is 3.18. The SMILES string of the molecule is CN(c1ccc(-c2cc3oc(=O)n(C)c3cc2O)nn1)C1C[C@H]2CC[C@@H](C1)N2. The first-order valence-corrected chi connectivity index (χ1v) is 9.65. The predicted octanol–water partition coefficient (Wildman–Crippen LogP) is 2.01. The highest BCUT2D eigenvalue weighted by atomic mass is 16.4. The highest BCUT2D eigenvalue weighted by molar-refractivity contribution is 5.83. The largest absolute Gasteiger partial charge is 0.507 e. The summed E-state index contributed by atoms with van der Waals surface area (Å²) in [7, 11) is 3.67. The fraction of sp³-hybridized carbons (Fsp3) is 0.450. The Labute approximate surface area is 161 Å². The molecular formula is C20H23N5O3. The first-order valence-electron chi connectivity index (χ1n) is 9.65. The Balaban J connectivity index is 1.42. The summed E-state index contributed by atoms with van der Waals surface area (Å²) in [6, 6.07) is 8.60. The van der Waals surface area contributed by atoms with Gasteiger partial charge in [0.05, 0.1) is 11.2 Å². The third-order valence-electron chi connectivity index (χ3n) is 6.19. The van der Waals surface area contributed by atoms with Crippen LogP contribution in [0.15, 0.2) is 33.5 Å². The molecule has 2 N–H and O–H groups in total. The van der Waals surface area contributed by atoms with Crippen LogP contribution in [-0.4, -0.2) is 45.0 Å². The Morgan fingerprint density at radius 1 is 1.21 bits per heavy atom. The molecule has 3 atom stereocenters. The number of hydrogen-bond donors (Lipinski definition) is 2. The lowest BCUT2D eigenvalue weighted by Crippen LogP contribution is -2.47. The standard InChI is InChI=1S/C20H23N5O3/c1-24(13-7-11-3-4-12(8-13)21-11)19-6-5-15(22-23-19)14-9-18-16(10-17(14)26)25(2)20(27)28-18/h5-6,9-13,21,26H,3-4,7-8H2,1-2H3/t11-,12+,13?. The third kappa shape index (κ3) is 2.75. The van der Waals surface area contributed by atoms with Crippen LogP contribution in [0, 0.1) is 0 Å². The molecule has 0 aliphatic carbocycles. The molecule has 5 rings (SSSR count). The molecule has 8 nitrogen and oxygen atoms in total. The Morgan fingerprint density at radius 2 is 1.96 bits per heavy atom. The van der Waals surface area contributed by atoms with E-state index >= 15 is 0 Å². The number of phenols is 1. The predicted molar refractivity (Wildman–Crippen MR) is 106 cm³/mol. The van der Waals surface area contributed by atoms with Gasteiger partial charge in [0, 0.05) is 43.9 Å². The molecule has 2 aliphatic rings. The zero-order valence-electron chi connectivity index (χ0n) is 15.9. The fourth-order valence-electron chi connectivity index (χ4n) is 4.55. The molecule has 0 spiro atoms. The van der Waals surface area contributed by atoms with Crippen LogP contribution < -0.4 is 16.0 Å². The number of aryl methyl sites for hydroxylation is 1. The van der Waals surface area contributed by atoms with Gasteiger partial charge in [0.1, 0.15) is 5.75 Å². The molecule has 3 aromatic rings. The number of aromatic nitrogens is 3. The van der Waals surface area contributed by atoms with Gasteiger partial charge in [-0.3, -0.25) is 4.57 Å². The van der Waals surface area contributed by atoms with Crippen LogP contribution in [-0.2, 0) is 7.05 Å². The maximum Gasteiger partial charge on any atom is 0.419 e. The number of anilines is 1. The zero-order chi connectivity index (χ0) is 19.4. The van der Waals surface area contributed by atoms with E-state index in [1.54, 1.807) is 13.1 Å². The third-order valence-corrected chi connectivity index (χ3v) is 6.19. The summed E-state index contributed by atoms with van der Waals surface area (Å²) in [5, 5.41) is 22.8. The van der Waals surface area contributed by atoms with Gasteiger partial charge in [0.25, 0.3) is 0 Å². The second-order valence-electron chi connectivity index (χ2n) is 7.91. The first kappa shape index (κ1) is 17.2. The number of aromatic hydroxyl groups is 1. The number of fused-ring (bicyclic) bond motifs is 3. The maximum absolute atomic E-state index is 11.7. The molecule has 4 heterocycles. The Morgan fingerprint density at radius 3 is 2.64 bits per heavy atom. The molecule has 2 bridgehead atoms. The minimum atomic E-state index is -0.467. The first-order chi connectivity index (χ1) is 13.5. The Kier molecular flexibility index (Phi) is 3.90. The molecular weight excluding hydrogens is 358 g/mol. The van der Waals surface area contributed by atoms with E-state index in [9.17, 15) is 9.90 Å². The molecule has 2 fully saturated rings. The van der Waals surface area contributed by atoms with E-state index in [4.69, 9.17) is 4.42 Å². The van der Waals surface area contributed by atoms with Crippen molar-refractivity contribution in [2.75, 3.05) is 11.9 Å². The van der Waals surface area contributed by atoms with Crippen LogP contribution in [0.5, 0.6) is 5.75 Å². The van der Waals surface area contributed by atoms with Crippen molar-refractivity contribution in [3.8, 4) is 17.0 Å². The number of piperidine rings is 1. The maximum atomic E-state index is 11.7. The molecule has 2 saturated heterocycles. The normalized spacial score (nSPS) is 24.0. The molecule has 28 heavy (non-hydrogen) atoms. The molecule has 0 saturated carbocycles. The van der Waals surface area contributed by atoms with Crippen molar-refractivity contribution >= 4 is 16.9 Å². The average molecular weight is 381 g/mol. The summed E-state index contributed by atoms with van der Waals surface area (Å²) in [5.41, 5.74) is 1.97. The van der Waals surface area contributed by atoms with E-state index in [1.165, 1.54) is 23.5 Å². The van der Waals surface area contributed by atoms with Gasteiger partial charge in [-0.1, -0.05) is 0 Å². The van der Waals surface area contributed by atoms with E-state index in [0.717, 1.165) is 18.7 Å². The summed E-state index contributed by atoms with van der Waals surface area (Å²) in [5.74, 6) is 0.390. The minimum absolute atomic E-state index is 0.0363. The number of hydrogen-bond acceptors (Lipinski definition) is 7. The smallest absolute Gasteiger partial charge is 0.419 e. The quantitative estimate of drug-likeness (QED) is 0.716. The Bertz CT molecular complexity index is 1080. The fourth-order valence-corrected chi connectivity index (χ4v) is 4.55. The minimum Gasteiger partial charge on any atom is -0.507 e. The van der Waals surface area contributed by atoms with Crippen LogP contribution in [0.3, 0.4) is 0 Å². The monoisotopic (exact) mass is 381 g/mol. The number of nitrogens with one attached hydrogen (secondary N) is 1. The van der Waals surface area contributed by atoms with Crippen molar-refractivity contribution in [1.82, 2.24) is 20.1 Å². The van der Waals surface area contributed by atoms with Gasteiger partial charge in [-0.25, -0.2) is 4.79 Å². The van der Waals surface area contributed by atoms with Gasteiger partial charge in [0.2, 0.25) is 0 Å². The summed E-state index contributed by atoms with van der Waals surface area (Å²) in [4.78, 5) is 13.9. The molecule has 1 aromatic carbocycles. The van der Waals surface area contributed by atoms with Crippen LogP contribution in [0.25, 0.3) is 22.4 Å². The molecule has 2 aromatic heterocycles. The lowest BCUT2D eigenvalue weighted by atomic mass is 9.98. The molecule has 8 heteroatoms. The molecule has 146 valence electrons. The van der Waals surface area contributed by atoms with Crippen molar-refractivity contribution in [3.63, 3.8) is 0 Å². The van der Waals surface area contributed by atoms with Crippen LogP contribution >= 0.6 is 0 Å². The second kappa shape index (κ2) is 6.34. The summed E-state index contributed by atoms with van der Waals surface area (Å²) < 4.78 is 6.57. The number of oxazole rings is 1. The van der Waals surface area contributed by atoms with E-state index < -0.39 is 5.76 Å². The molecule has 0 radical (unpaired) electrons. The Hall–Kier alpha value is -2.87. The molecule has 2 aliphatic heterocycles. The topological polar surface area (TPSA) is 96.4 Å². The van der Waals surface area contributed by atoms with Gasteiger partial charge in [0.15, 0.2) is 11.4 Å². The van der Waals surface area contributed by atoms with Crippen molar-refractivity contribution in [1.29, 1.82) is 0 Å². The van der Waals surface area contributed by atoms with Gasteiger partial charge in [-0.15, -0.1) is 10.2 Å². The van der Waals surface area contributed by atoms with Crippen LogP contribution in [0.4, 0.5) is 5.82 Å². The number of rotatable bonds is 3. The van der Waals surface area contributed by atoms with Gasteiger partial charge in [-0.05, 0) is 43.9 Å². The van der Waals surface area contributed by atoms with E-state index in [2.05, 4.69) is 27.5 Å². The van der Waals surface area contributed by atoms with Gasteiger partial charge < -0.3 is 19.7 Å². The number of benzene rings is 1. The van der Waals surface area contributed by atoms with Crippen molar-refractivity contribution in [2.24, 2.45) is 7.05 Å². The number of nitrogens with zero attached hydrogens (tertiary/aromatic N) is 4. The summed E-state index contributed by atoms with van der Waals surface area (Å²) >= 11 is 0. The lowest BCUT2D eigenvalue weighted by molar-refractivity contribution is 0.353. The van der Waals surface area contributed by atoms with Gasteiger partial charge >= 0.3 is 5.76 Å². The van der Waals surface area contributed by atoms with Crippen molar-refractivity contribution in [2.45, 2.75) is 43.8 Å². The molecule has 0 amide bonds. The molecule has 1 unspecified atom stereocenters. The van der Waals surface area contributed by atoms with Crippen LogP contribution in [0.2, 0.25) is 0 Å². The van der Waals surface area contributed by atoms with E-state index in [0.29, 0.717) is 40.5 Å². The van der Waals surface area contributed by atoms with Crippen molar-refractivity contribution in [3.05, 3.63) is 34.8 Å². The van der Waals surface area contributed by atoms with Gasteiger partial charge in [-0.2, -0.15) is 0 Å². The lowest BCUT2D eigenvalue weighted by Gasteiger charge is -2.36. The second-order valence-corrected chi connectivity index (χ2v) is 7.91. The van der Waals surface area contributed by atoms with Crippen molar-refractivity contribution < 1.29 is 9.52 Å². The highest BCUT2D eigenvalue weighted by Crippen LogP contribution is 2.33. The van der Waals surface area contributed by atoms with E-state index in [-0.39, 0.29) is 5.75 Å². The van der Waals surface area contributed by atoms with Crippen LogP contribution in [0.1, 0.15) is 25.7 Å².